The van der Waals surface area contributed by atoms with Crippen LogP contribution in [0.2, 0.25) is 0 Å². The number of aliphatic hydroxyl groups excluding tert-OH is 7. The average molecular weight is 493 g/mol. The van der Waals surface area contributed by atoms with Gasteiger partial charge in [-0.05, 0) is 31.6 Å². The van der Waals surface area contributed by atoms with E-state index in [-0.39, 0.29) is 0 Å². The molecule has 0 radical (unpaired) electrons. The van der Waals surface area contributed by atoms with Gasteiger partial charge in [-0.25, -0.2) is 4.79 Å². The molecule has 34 heavy (non-hydrogen) atoms. The van der Waals surface area contributed by atoms with Crippen molar-refractivity contribution in [3.63, 3.8) is 0 Å². The quantitative estimate of drug-likeness (QED) is 0.196. The van der Waals surface area contributed by atoms with Crippen molar-refractivity contribution in [3.8, 4) is 0 Å². The predicted molar refractivity (Wildman–Crippen MR) is 113 cm³/mol. The van der Waals surface area contributed by atoms with Crippen LogP contribution in [0.25, 0.3) is 0 Å². The smallest absolute Gasteiger partial charge is 0.336 e. The topological polar surface area (TPSA) is 196 Å². The van der Waals surface area contributed by atoms with Gasteiger partial charge in [-0.2, -0.15) is 0 Å². The second-order valence-corrected chi connectivity index (χ2v) is 9.84. The van der Waals surface area contributed by atoms with Gasteiger partial charge in [0, 0.05) is 5.57 Å². The molecule has 10 atom stereocenters. The molecule has 196 valence electrons. The van der Waals surface area contributed by atoms with Crippen LogP contribution in [0.4, 0.5) is 0 Å². The van der Waals surface area contributed by atoms with Gasteiger partial charge in [-0.3, -0.25) is 0 Å². The molecule has 2 heterocycles. The predicted octanol–water partition coefficient (Wildman–Crippen LogP) is -2.32. The van der Waals surface area contributed by atoms with Crippen molar-refractivity contribution in [2.75, 3.05) is 13.2 Å². The Labute approximate surface area is 197 Å². The summed E-state index contributed by atoms with van der Waals surface area (Å²) in [5.74, 6) is -0.691. The molecule has 0 aromatic rings. The summed E-state index contributed by atoms with van der Waals surface area (Å²) < 4.78 is 21.5. The number of allylic oxidation sites excluding steroid dienone is 1. The van der Waals surface area contributed by atoms with Crippen molar-refractivity contribution in [1.29, 1.82) is 0 Å². The summed E-state index contributed by atoms with van der Waals surface area (Å²) in [7, 11) is 0. The molecule has 0 aromatic heterocycles. The standard InChI is InChI=1S/C22H36O12/c1-9-5-4-6-22(2,3)12(9)19(30)34-21-18(29)16(27)14(25)11(33-21)8-31-20-17(28)15(26)13(24)10(7-23)32-20/h10-11,13-18,20-21,23-29H,4-8H2,1-3H3/t10-,11-,13-,14-,15+,16+,17-,18-,20-,21+/m1/s1. The minimum atomic E-state index is -1.73. The minimum Gasteiger partial charge on any atom is -0.429 e. The van der Waals surface area contributed by atoms with E-state index in [1.54, 1.807) is 0 Å². The number of ether oxygens (including phenoxy) is 4. The molecule has 0 bridgehead atoms. The van der Waals surface area contributed by atoms with E-state index in [4.69, 9.17) is 18.9 Å². The summed E-state index contributed by atoms with van der Waals surface area (Å²) >= 11 is 0. The van der Waals surface area contributed by atoms with Crippen LogP contribution in [0.15, 0.2) is 11.1 Å². The summed E-state index contributed by atoms with van der Waals surface area (Å²) in [4.78, 5) is 12.9. The first-order valence-electron chi connectivity index (χ1n) is 11.4. The molecule has 0 unspecified atom stereocenters. The molecule has 12 nitrogen and oxygen atoms in total. The number of hydrogen-bond acceptors (Lipinski definition) is 12. The molecule has 2 saturated heterocycles. The number of aliphatic hydroxyl groups is 7. The summed E-state index contributed by atoms with van der Waals surface area (Å²) in [5, 5.41) is 70.0. The van der Waals surface area contributed by atoms with Crippen molar-refractivity contribution < 1.29 is 59.5 Å². The zero-order valence-corrected chi connectivity index (χ0v) is 19.5. The molecule has 12 heteroatoms. The second-order valence-electron chi connectivity index (χ2n) is 9.84. The van der Waals surface area contributed by atoms with Crippen LogP contribution in [0.3, 0.4) is 0 Å². The summed E-state index contributed by atoms with van der Waals surface area (Å²) in [5.41, 5.74) is 0.905. The number of carbonyl (C=O) groups excluding carboxylic acids is 1. The van der Waals surface area contributed by atoms with E-state index in [1.165, 1.54) is 0 Å². The van der Waals surface area contributed by atoms with E-state index in [9.17, 15) is 40.5 Å². The normalized spacial score (nSPS) is 43.0. The maximum Gasteiger partial charge on any atom is 0.336 e. The van der Waals surface area contributed by atoms with E-state index in [2.05, 4.69) is 0 Å². The molecule has 2 fully saturated rings. The number of carbonyl (C=O) groups is 1. The highest BCUT2D eigenvalue weighted by Gasteiger charge is 2.48. The summed E-state index contributed by atoms with van der Waals surface area (Å²) in [6.07, 6.45) is -13.2. The third-order valence-corrected chi connectivity index (χ3v) is 6.83. The zero-order chi connectivity index (χ0) is 25.4. The molecule has 7 N–H and O–H groups in total. The van der Waals surface area contributed by atoms with Crippen molar-refractivity contribution in [3.05, 3.63) is 11.1 Å². The second kappa shape index (κ2) is 10.8. The number of rotatable bonds is 6. The maximum atomic E-state index is 12.9. The van der Waals surface area contributed by atoms with Crippen molar-refractivity contribution in [1.82, 2.24) is 0 Å². The lowest BCUT2D eigenvalue weighted by Crippen LogP contribution is -2.62. The first kappa shape index (κ1) is 27.4. The highest BCUT2D eigenvalue weighted by molar-refractivity contribution is 5.91. The van der Waals surface area contributed by atoms with E-state index in [0.29, 0.717) is 5.57 Å². The molecule has 2 aliphatic heterocycles. The monoisotopic (exact) mass is 492 g/mol. The fraction of sp³-hybridized carbons (Fsp3) is 0.864. The molecule has 0 saturated carbocycles. The zero-order valence-electron chi connectivity index (χ0n) is 19.5. The molecular weight excluding hydrogens is 456 g/mol. The molecule has 0 amide bonds. The fourth-order valence-electron chi connectivity index (χ4n) is 4.78. The fourth-order valence-corrected chi connectivity index (χ4v) is 4.78. The minimum absolute atomic E-state index is 0.442. The molecule has 3 rings (SSSR count). The lowest BCUT2D eigenvalue weighted by molar-refractivity contribution is -0.326. The average Bonchev–Trinajstić information content (AvgIpc) is 2.77. The van der Waals surface area contributed by atoms with E-state index in [0.717, 1.165) is 24.8 Å². The molecule has 0 aromatic carbocycles. The first-order chi connectivity index (χ1) is 15.9. The maximum absolute atomic E-state index is 12.9. The Hall–Kier alpha value is -1.19. The van der Waals surface area contributed by atoms with Crippen molar-refractivity contribution in [2.24, 2.45) is 5.41 Å². The van der Waals surface area contributed by atoms with Crippen molar-refractivity contribution in [2.45, 2.75) is 101 Å². The highest BCUT2D eigenvalue weighted by atomic mass is 16.7. The van der Waals surface area contributed by atoms with E-state index in [1.807, 2.05) is 20.8 Å². The van der Waals surface area contributed by atoms with Gasteiger partial charge < -0.3 is 54.7 Å². The SMILES string of the molecule is CC1=C(C(=O)O[C@@H]2O[C@H](CO[C@@H]3O[C@H](CO)[C@@H](O)[C@H](O)[C@H]3O)[C@@H](O)[C@H](O)[C@H]2O)C(C)(C)CCC1. The Bertz CT molecular complexity index is 752. The van der Waals surface area contributed by atoms with Gasteiger partial charge in [-0.15, -0.1) is 0 Å². The van der Waals surface area contributed by atoms with Gasteiger partial charge in [0.1, 0.15) is 48.8 Å². The molecule has 3 aliphatic rings. The Balaban J connectivity index is 1.67. The van der Waals surface area contributed by atoms with Gasteiger partial charge in [0.25, 0.3) is 0 Å². The van der Waals surface area contributed by atoms with Crippen LogP contribution in [0.1, 0.15) is 40.0 Å². The van der Waals surface area contributed by atoms with Crippen molar-refractivity contribution >= 4 is 5.97 Å². The van der Waals surface area contributed by atoms with E-state index >= 15 is 0 Å². The van der Waals surface area contributed by atoms with Crippen LogP contribution in [0.5, 0.6) is 0 Å². The Morgan fingerprint density at radius 3 is 2.06 bits per heavy atom. The summed E-state index contributed by atoms with van der Waals surface area (Å²) in [6, 6.07) is 0. The summed E-state index contributed by atoms with van der Waals surface area (Å²) in [6.45, 7) is 4.52. The third kappa shape index (κ3) is 5.46. The van der Waals surface area contributed by atoms with Crippen LogP contribution < -0.4 is 0 Å². The number of esters is 1. The van der Waals surface area contributed by atoms with Gasteiger partial charge in [0.15, 0.2) is 6.29 Å². The number of hydrogen-bond donors (Lipinski definition) is 7. The van der Waals surface area contributed by atoms with Crippen LogP contribution >= 0.6 is 0 Å². The van der Waals surface area contributed by atoms with Gasteiger partial charge in [-0.1, -0.05) is 19.4 Å². The Morgan fingerprint density at radius 1 is 0.912 bits per heavy atom. The largest absolute Gasteiger partial charge is 0.429 e. The highest BCUT2D eigenvalue weighted by Crippen LogP contribution is 2.41. The Morgan fingerprint density at radius 2 is 1.47 bits per heavy atom. The molecule has 0 spiro atoms. The van der Waals surface area contributed by atoms with Crippen LogP contribution in [0, 0.1) is 5.41 Å². The lowest BCUT2D eigenvalue weighted by Gasteiger charge is -2.42. The van der Waals surface area contributed by atoms with E-state index < -0.39 is 86.0 Å². The van der Waals surface area contributed by atoms with Gasteiger partial charge in [0.05, 0.1) is 13.2 Å². The molecular formula is C22H36O12. The molecule has 1 aliphatic carbocycles. The lowest BCUT2D eigenvalue weighted by atomic mass is 9.73. The Kier molecular flexibility index (Phi) is 8.72. The van der Waals surface area contributed by atoms with Gasteiger partial charge >= 0.3 is 5.97 Å². The van der Waals surface area contributed by atoms with Crippen LogP contribution in [-0.4, -0.2) is 116 Å². The third-order valence-electron chi connectivity index (χ3n) is 6.83. The van der Waals surface area contributed by atoms with Gasteiger partial charge in [0.2, 0.25) is 6.29 Å². The van der Waals surface area contributed by atoms with Crippen LogP contribution in [-0.2, 0) is 23.7 Å². The first-order valence-corrected chi connectivity index (χ1v) is 11.4.